The van der Waals surface area contributed by atoms with Crippen LogP contribution >= 0.6 is 11.6 Å². The van der Waals surface area contributed by atoms with Gasteiger partial charge in [-0.3, -0.25) is 10.1 Å². The monoisotopic (exact) mass is 214 g/mol. The van der Waals surface area contributed by atoms with Gasteiger partial charge in [0, 0.05) is 37.3 Å². The van der Waals surface area contributed by atoms with Crippen LogP contribution in [-0.2, 0) is 0 Å². The number of rotatable bonds is 4. The van der Waals surface area contributed by atoms with Crippen molar-refractivity contribution in [3.05, 3.63) is 34.4 Å². The van der Waals surface area contributed by atoms with Crippen molar-refractivity contribution in [2.75, 3.05) is 24.4 Å². The molecule has 0 radical (unpaired) electrons. The minimum absolute atomic E-state index is 0.105. The van der Waals surface area contributed by atoms with Gasteiger partial charge in [0.1, 0.15) is 0 Å². The lowest BCUT2D eigenvalue weighted by Crippen LogP contribution is -2.19. The number of halogens is 1. The van der Waals surface area contributed by atoms with Gasteiger partial charge in [0.2, 0.25) is 0 Å². The van der Waals surface area contributed by atoms with E-state index >= 15 is 0 Å². The first-order chi connectivity index (χ1) is 6.65. The van der Waals surface area contributed by atoms with E-state index in [0.29, 0.717) is 5.88 Å². The van der Waals surface area contributed by atoms with E-state index in [1.54, 1.807) is 12.1 Å². The molecule has 0 atom stereocenters. The number of nitro groups is 1. The van der Waals surface area contributed by atoms with Crippen LogP contribution in [0.25, 0.3) is 0 Å². The lowest BCUT2D eigenvalue weighted by Gasteiger charge is -2.17. The molecule has 0 saturated heterocycles. The summed E-state index contributed by atoms with van der Waals surface area (Å²) < 4.78 is 0. The zero-order valence-electron chi connectivity index (χ0n) is 7.81. The van der Waals surface area contributed by atoms with Gasteiger partial charge in [-0.15, -0.1) is 11.6 Å². The zero-order chi connectivity index (χ0) is 10.6. The third-order valence-corrected chi connectivity index (χ3v) is 2.09. The molecule has 0 unspecified atom stereocenters. The molecule has 0 aliphatic carbocycles. The predicted molar refractivity (Wildman–Crippen MR) is 57.1 cm³/mol. The van der Waals surface area contributed by atoms with Crippen LogP contribution in [0.15, 0.2) is 24.3 Å². The van der Waals surface area contributed by atoms with Crippen molar-refractivity contribution >= 4 is 23.0 Å². The lowest BCUT2D eigenvalue weighted by molar-refractivity contribution is -0.384. The van der Waals surface area contributed by atoms with E-state index in [0.717, 1.165) is 12.2 Å². The average molecular weight is 215 g/mol. The summed E-state index contributed by atoms with van der Waals surface area (Å²) in [5.74, 6) is 0.535. The molecule has 1 aromatic rings. The molecule has 0 aromatic heterocycles. The van der Waals surface area contributed by atoms with E-state index in [2.05, 4.69) is 0 Å². The summed E-state index contributed by atoms with van der Waals surface area (Å²) in [7, 11) is 1.89. The second kappa shape index (κ2) is 4.81. The van der Waals surface area contributed by atoms with Crippen LogP contribution in [0.3, 0.4) is 0 Å². The van der Waals surface area contributed by atoms with Gasteiger partial charge < -0.3 is 4.90 Å². The summed E-state index contributed by atoms with van der Waals surface area (Å²) >= 11 is 5.58. The van der Waals surface area contributed by atoms with E-state index in [1.165, 1.54) is 12.1 Å². The topological polar surface area (TPSA) is 46.4 Å². The highest BCUT2D eigenvalue weighted by molar-refractivity contribution is 6.18. The Labute approximate surface area is 87.2 Å². The highest BCUT2D eigenvalue weighted by Gasteiger charge is 2.05. The minimum Gasteiger partial charge on any atom is -0.373 e. The number of alkyl halides is 1. The minimum atomic E-state index is -0.411. The second-order valence-electron chi connectivity index (χ2n) is 2.88. The molecule has 1 rings (SSSR count). The van der Waals surface area contributed by atoms with Gasteiger partial charge in [-0.05, 0) is 12.1 Å². The molecule has 0 amide bonds. The van der Waals surface area contributed by atoms with Gasteiger partial charge in [-0.1, -0.05) is 0 Å². The number of benzene rings is 1. The van der Waals surface area contributed by atoms with Crippen molar-refractivity contribution in [2.45, 2.75) is 0 Å². The number of non-ortho nitro benzene ring substituents is 1. The van der Waals surface area contributed by atoms with Crippen molar-refractivity contribution in [2.24, 2.45) is 0 Å². The number of hydrogen-bond acceptors (Lipinski definition) is 3. The van der Waals surface area contributed by atoms with E-state index in [4.69, 9.17) is 11.6 Å². The molecule has 0 heterocycles. The first-order valence-corrected chi connectivity index (χ1v) is 4.70. The van der Waals surface area contributed by atoms with Gasteiger partial charge in [-0.2, -0.15) is 0 Å². The van der Waals surface area contributed by atoms with Crippen molar-refractivity contribution in [1.29, 1.82) is 0 Å². The van der Waals surface area contributed by atoms with Crippen molar-refractivity contribution in [3.63, 3.8) is 0 Å². The van der Waals surface area contributed by atoms with Gasteiger partial charge in [0.25, 0.3) is 5.69 Å². The summed E-state index contributed by atoms with van der Waals surface area (Å²) in [6, 6.07) is 6.40. The molecule has 0 aliphatic rings. The van der Waals surface area contributed by atoms with Crippen molar-refractivity contribution < 1.29 is 4.92 Å². The summed E-state index contributed by atoms with van der Waals surface area (Å²) in [6.45, 7) is 0.722. The molecule has 0 bridgehead atoms. The molecule has 1 aromatic carbocycles. The Morgan fingerprint density at radius 1 is 1.43 bits per heavy atom. The van der Waals surface area contributed by atoms with E-state index < -0.39 is 4.92 Å². The van der Waals surface area contributed by atoms with Gasteiger partial charge in [0.15, 0.2) is 0 Å². The molecular weight excluding hydrogens is 204 g/mol. The standard InChI is InChI=1S/C9H11ClN2O2/c1-11(7-6-10)8-2-4-9(5-3-8)12(13)14/h2-5H,6-7H2,1H3. The highest BCUT2D eigenvalue weighted by atomic mass is 35.5. The molecule has 0 fully saturated rings. The molecule has 76 valence electrons. The second-order valence-corrected chi connectivity index (χ2v) is 3.26. The fourth-order valence-corrected chi connectivity index (χ4v) is 1.34. The van der Waals surface area contributed by atoms with Crippen LogP contribution in [0, 0.1) is 10.1 Å². The molecule has 0 N–H and O–H groups in total. The third-order valence-electron chi connectivity index (χ3n) is 1.92. The maximum absolute atomic E-state index is 10.4. The van der Waals surface area contributed by atoms with Gasteiger partial charge >= 0.3 is 0 Å². The highest BCUT2D eigenvalue weighted by Crippen LogP contribution is 2.17. The quantitative estimate of drug-likeness (QED) is 0.439. The van der Waals surface area contributed by atoms with E-state index in [-0.39, 0.29) is 5.69 Å². The Hall–Kier alpha value is -1.29. The molecule has 4 nitrogen and oxygen atoms in total. The predicted octanol–water partition coefficient (Wildman–Crippen LogP) is 2.27. The van der Waals surface area contributed by atoms with Crippen LogP contribution in [0.5, 0.6) is 0 Å². The fourth-order valence-electron chi connectivity index (χ4n) is 1.08. The first-order valence-electron chi connectivity index (χ1n) is 4.16. The fraction of sp³-hybridized carbons (Fsp3) is 0.333. The maximum Gasteiger partial charge on any atom is 0.269 e. The Morgan fingerprint density at radius 2 is 2.00 bits per heavy atom. The summed E-state index contributed by atoms with van der Waals surface area (Å²) in [5.41, 5.74) is 1.03. The van der Waals surface area contributed by atoms with E-state index in [1.807, 2.05) is 11.9 Å². The summed E-state index contributed by atoms with van der Waals surface area (Å²) in [4.78, 5) is 11.9. The number of hydrogen-bond donors (Lipinski definition) is 0. The maximum atomic E-state index is 10.4. The Balaban J connectivity index is 2.77. The smallest absolute Gasteiger partial charge is 0.269 e. The summed E-state index contributed by atoms with van der Waals surface area (Å²) in [5, 5.41) is 10.4. The molecular formula is C9H11ClN2O2. The van der Waals surface area contributed by atoms with Crippen molar-refractivity contribution in [1.82, 2.24) is 0 Å². The van der Waals surface area contributed by atoms with E-state index in [9.17, 15) is 10.1 Å². The van der Waals surface area contributed by atoms with Crippen LogP contribution in [-0.4, -0.2) is 24.4 Å². The van der Waals surface area contributed by atoms with Crippen LogP contribution in [0.4, 0.5) is 11.4 Å². The van der Waals surface area contributed by atoms with Crippen molar-refractivity contribution in [3.8, 4) is 0 Å². The molecule has 0 saturated carbocycles. The first kappa shape index (κ1) is 10.8. The Morgan fingerprint density at radius 3 is 2.43 bits per heavy atom. The molecule has 5 heteroatoms. The van der Waals surface area contributed by atoms with Crippen LogP contribution in [0.1, 0.15) is 0 Å². The largest absolute Gasteiger partial charge is 0.373 e. The average Bonchev–Trinajstić information content (AvgIpc) is 2.18. The molecule has 14 heavy (non-hydrogen) atoms. The molecule has 0 aliphatic heterocycles. The number of anilines is 1. The summed E-state index contributed by atoms with van der Waals surface area (Å²) in [6.07, 6.45) is 0. The number of nitro benzene ring substituents is 1. The molecule has 0 spiro atoms. The normalized spacial score (nSPS) is 9.86. The van der Waals surface area contributed by atoms with Gasteiger partial charge in [-0.25, -0.2) is 0 Å². The number of nitrogens with zero attached hydrogens (tertiary/aromatic N) is 2. The Kier molecular flexibility index (Phi) is 3.71. The SMILES string of the molecule is CN(CCCl)c1ccc([N+](=O)[O-])cc1. The van der Waals surface area contributed by atoms with Crippen LogP contribution < -0.4 is 4.90 Å². The van der Waals surface area contributed by atoms with Crippen LogP contribution in [0.2, 0.25) is 0 Å². The third kappa shape index (κ3) is 2.60. The zero-order valence-corrected chi connectivity index (χ0v) is 8.57. The van der Waals surface area contributed by atoms with Gasteiger partial charge in [0.05, 0.1) is 4.92 Å². The Bertz CT molecular complexity index is 313. The lowest BCUT2D eigenvalue weighted by atomic mass is 10.2.